The number of likely N-dealkylation sites (tertiary alicyclic amines) is 1. The van der Waals surface area contributed by atoms with Crippen molar-refractivity contribution < 1.29 is 23.1 Å². The Morgan fingerprint density at radius 3 is 2.74 bits per heavy atom. The van der Waals surface area contributed by atoms with E-state index in [2.05, 4.69) is 10.3 Å². The minimum absolute atomic E-state index is 0.00837. The molecular formula is C15H14F3N3O2. The second kappa shape index (κ2) is 5.60. The number of nitrogens with zero attached hydrogens (tertiary/aromatic N) is 2. The Morgan fingerprint density at radius 2 is 2.09 bits per heavy atom. The number of pyridine rings is 1. The molecule has 0 aliphatic carbocycles. The van der Waals surface area contributed by atoms with Crippen LogP contribution < -0.4 is 5.32 Å². The SMILES string of the molecule is O=C(O)N1CCC(Nc2ccc3nc(C(F)(F)F)ccc3c2)C1. The van der Waals surface area contributed by atoms with Gasteiger partial charge in [-0.05, 0) is 30.7 Å². The number of aromatic nitrogens is 1. The van der Waals surface area contributed by atoms with Crippen LogP contribution in [0.3, 0.4) is 0 Å². The number of hydrogen-bond donors (Lipinski definition) is 2. The minimum Gasteiger partial charge on any atom is -0.465 e. The molecule has 3 rings (SSSR count). The Balaban J connectivity index is 1.77. The van der Waals surface area contributed by atoms with E-state index in [1.807, 2.05) is 0 Å². The van der Waals surface area contributed by atoms with Crippen molar-refractivity contribution >= 4 is 22.7 Å². The topological polar surface area (TPSA) is 65.5 Å². The van der Waals surface area contributed by atoms with Gasteiger partial charge in [-0.15, -0.1) is 0 Å². The van der Waals surface area contributed by atoms with Gasteiger partial charge in [0.15, 0.2) is 0 Å². The maximum absolute atomic E-state index is 12.6. The molecule has 1 amide bonds. The van der Waals surface area contributed by atoms with E-state index in [1.165, 1.54) is 17.0 Å². The van der Waals surface area contributed by atoms with Crippen LogP contribution in [0.1, 0.15) is 12.1 Å². The van der Waals surface area contributed by atoms with Gasteiger partial charge in [-0.3, -0.25) is 0 Å². The van der Waals surface area contributed by atoms with Crippen LogP contribution in [0, 0.1) is 0 Å². The average molecular weight is 325 g/mol. The van der Waals surface area contributed by atoms with Gasteiger partial charge in [0, 0.05) is 30.2 Å². The molecule has 2 aromatic rings. The molecule has 1 aliphatic rings. The molecule has 2 N–H and O–H groups in total. The van der Waals surface area contributed by atoms with Crippen molar-refractivity contribution in [2.75, 3.05) is 18.4 Å². The standard InChI is InChI=1S/C15H14F3N3O2/c16-15(17,18)13-4-1-9-7-10(2-3-12(9)20-13)19-11-5-6-21(8-11)14(22)23/h1-4,7,11,19H,5-6,8H2,(H,22,23). The summed E-state index contributed by atoms with van der Waals surface area (Å²) >= 11 is 0. The molecule has 5 nitrogen and oxygen atoms in total. The summed E-state index contributed by atoms with van der Waals surface area (Å²) in [5.41, 5.74) is 0.0823. The largest absolute Gasteiger partial charge is 0.465 e. The smallest absolute Gasteiger partial charge is 0.433 e. The molecule has 23 heavy (non-hydrogen) atoms. The molecule has 0 bridgehead atoms. The van der Waals surface area contributed by atoms with E-state index >= 15 is 0 Å². The number of alkyl halides is 3. The first-order valence-electron chi connectivity index (χ1n) is 7.05. The molecule has 2 heterocycles. The van der Waals surface area contributed by atoms with Crippen LogP contribution in [0.25, 0.3) is 10.9 Å². The highest BCUT2D eigenvalue weighted by atomic mass is 19.4. The van der Waals surface area contributed by atoms with E-state index in [1.54, 1.807) is 12.1 Å². The number of rotatable bonds is 2. The Hall–Kier alpha value is -2.51. The van der Waals surface area contributed by atoms with Crippen LogP contribution in [-0.4, -0.2) is 40.2 Å². The number of benzene rings is 1. The summed E-state index contributed by atoms with van der Waals surface area (Å²) in [6.45, 7) is 0.857. The van der Waals surface area contributed by atoms with Crippen molar-refractivity contribution in [2.24, 2.45) is 0 Å². The number of halogens is 3. The van der Waals surface area contributed by atoms with Crippen molar-refractivity contribution in [2.45, 2.75) is 18.6 Å². The third kappa shape index (κ3) is 3.30. The lowest BCUT2D eigenvalue weighted by Gasteiger charge is -2.15. The third-order valence-electron chi connectivity index (χ3n) is 3.81. The molecule has 1 saturated heterocycles. The summed E-state index contributed by atoms with van der Waals surface area (Å²) in [5, 5.41) is 12.7. The molecule has 8 heteroatoms. The maximum atomic E-state index is 12.6. The molecule has 0 spiro atoms. The fraction of sp³-hybridized carbons (Fsp3) is 0.333. The maximum Gasteiger partial charge on any atom is 0.433 e. The van der Waals surface area contributed by atoms with Crippen molar-refractivity contribution in [1.82, 2.24) is 9.88 Å². The van der Waals surface area contributed by atoms with Crippen LogP contribution >= 0.6 is 0 Å². The van der Waals surface area contributed by atoms with E-state index < -0.39 is 18.0 Å². The first-order chi connectivity index (χ1) is 10.8. The zero-order chi connectivity index (χ0) is 16.6. The van der Waals surface area contributed by atoms with Crippen LogP contribution in [0.4, 0.5) is 23.7 Å². The van der Waals surface area contributed by atoms with Gasteiger partial charge in [-0.2, -0.15) is 13.2 Å². The Bertz CT molecular complexity index is 748. The van der Waals surface area contributed by atoms with Crippen LogP contribution in [0.5, 0.6) is 0 Å². The summed E-state index contributed by atoms with van der Waals surface area (Å²) in [7, 11) is 0. The van der Waals surface area contributed by atoms with E-state index in [0.29, 0.717) is 24.9 Å². The number of fused-ring (bicyclic) bond motifs is 1. The van der Waals surface area contributed by atoms with Crippen molar-refractivity contribution in [1.29, 1.82) is 0 Å². The third-order valence-corrected chi connectivity index (χ3v) is 3.81. The first-order valence-corrected chi connectivity index (χ1v) is 7.05. The van der Waals surface area contributed by atoms with Crippen LogP contribution in [0.2, 0.25) is 0 Å². The van der Waals surface area contributed by atoms with Crippen molar-refractivity contribution in [3.05, 3.63) is 36.0 Å². The van der Waals surface area contributed by atoms with E-state index in [0.717, 1.165) is 11.8 Å². The second-order valence-electron chi connectivity index (χ2n) is 5.46. The lowest BCUT2D eigenvalue weighted by atomic mass is 10.1. The lowest BCUT2D eigenvalue weighted by molar-refractivity contribution is -0.140. The summed E-state index contributed by atoms with van der Waals surface area (Å²) in [5.74, 6) is 0. The highest BCUT2D eigenvalue weighted by Crippen LogP contribution is 2.29. The zero-order valence-corrected chi connectivity index (χ0v) is 12.0. The number of anilines is 1. The number of carboxylic acid groups (broad SMARTS) is 1. The summed E-state index contributed by atoms with van der Waals surface area (Å²) < 4.78 is 37.9. The second-order valence-corrected chi connectivity index (χ2v) is 5.46. The summed E-state index contributed by atoms with van der Waals surface area (Å²) in [6.07, 6.45) is -4.72. The Kier molecular flexibility index (Phi) is 3.75. The number of nitrogens with one attached hydrogen (secondary N) is 1. The van der Waals surface area contributed by atoms with Crippen LogP contribution in [-0.2, 0) is 6.18 Å². The fourth-order valence-corrected chi connectivity index (χ4v) is 2.66. The molecule has 1 aliphatic heterocycles. The molecule has 0 radical (unpaired) electrons. The van der Waals surface area contributed by atoms with E-state index in [4.69, 9.17) is 5.11 Å². The molecule has 1 aromatic carbocycles. The molecule has 1 aromatic heterocycles. The molecule has 1 fully saturated rings. The van der Waals surface area contributed by atoms with Gasteiger partial charge in [0.2, 0.25) is 0 Å². The van der Waals surface area contributed by atoms with Crippen molar-refractivity contribution in [3.8, 4) is 0 Å². The molecular weight excluding hydrogens is 311 g/mol. The van der Waals surface area contributed by atoms with Gasteiger partial charge in [0.25, 0.3) is 0 Å². The molecule has 1 unspecified atom stereocenters. The highest BCUT2D eigenvalue weighted by molar-refractivity contribution is 5.82. The van der Waals surface area contributed by atoms with E-state index in [-0.39, 0.29) is 11.6 Å². The quantitative estimate of drug-likeness (QED) is 0.888. The summed E-state index contributed by atoms with van der Waals surface area (Å²) in [6, 6.07) is 7.22. The first kappa shape index (κ1) is 15.4. The highest BCUT2D eigenvalue weighted by Gasteiger charge is 2.32. The lowest BCUT2D eigenvalue weighted by Crippen LogP contribution is -2.30. The molecule has 122 valence electrons. The van der Waals surface area contributed by atoms with Gasteiger partial charge in [0.1, 0.15) is 5.69 Å². The zero-order valence-electron chi connectivity index (χ0n) is 12.0. The Morgan fingerprint density at radius 1 is 1.30 bits per heavy atom. The normalized spacial score (nSPS) is 18.4. The molecule has 1 atom stereocenters. The Labute approximate surface area is 129 Å². The summed E-state index contributed by atoms with van der Waals surface area (Å²) in [4.78, 5) is 15.8. The van der Waals surface area contributed by atoms with Gasteiger partial charge >= 0.3 is 12.3 Å². The van der Waals surface area contributed by atoms with Gasteiger partial charge < -0.3 is 15.3 Å². The number of amides is 1. The van der Waals surface area contributed by atoms with Gasteiger partial charge in [-0.1, -0.05) is 6.07 Å². The number of carbonyl (C=O) groups is 1. The van der Waals surface area contributed by atoms with Gasteiger partial charge in [-0.25, -0.2) is 9.78 Å². The predicted molar refractivity (Wildman–Crippen MR) is 78.4 cm³/mol. The van der Waals surface area contributed by atoms with Gasteiger partial charge in [0.05, 0.1) is 5.52 Å². The number of hydrogen-bond acceptors (Lipinski definition) is 3. The minimum atomic E-state index is -4.46. The fourth-order valence-electron chi connectivity index (χ4n) is 2.66. The molecule has 0 saturated carbocycles. The van der Waals surface area contributed by atoms with Crippen molar-refractivity contribution in [3.63, 3.8) is 0 Å². The van der Waals surface area contributed by atoms with Crippen LogP contribution in [0.15, 0.2) is 30.3 Å². The average Bonchev–Trinajstić information content (AvgIpc) is 2.94. The monoisotopic (exact) mass is 325 g/mol. The predicted octanol–water partition coefficient (Wildman–Crippen LogP) is 3.42. The van der Waals surface area contributed by atoms with E-state index in [9.17, 15) is 18.0 Å².